The van der Waals surface area contributed by atoms with E-state index >= 15 is 0 Å². The van der Waals surface area contributed by atoms with Crippen molar-refractivity contribution in [3.05, 3.63) is 35.4 Å². The van der Waals surface area contributed by atoms with E-state index in [9.17, 15) is 4.79 Å². The minimum atomic E-state index is -0.331. The summed E-state index contributed by atoms with van der Waals surface area (Å²) in [5.41, 5.74) is 7.85. The quantitative estimate of drug-likeness (QED) is 0.839. The summed E-state index contributed by atoms with van der Waals surface area (Å²) in [4.78, 5) is 11.9. The topological polar surface area (TPSA) is 64.4 Å². The SMILES string of the molecule is Cc1ccccc1CNC(=O)[C@@H]1CC[C@H](CN)O1. The van der Waals surface area contributed by atoms with Crippen molar-refractivity contribution in [2.75, 3.05) is 6.54 Å². The number of hydrogen-bond donors (Lipinski definition) is 2. The van der Waals surface area contributed by atoms with Gasteiger partial charge in [0, 0.05) is 13.1 Å². The number of carbonyl (C=O) groups excluding carboxylic acids is 1. The molecule has 1 aromatic carbocycles. The predicted molar refractivity (Wildman–Crippen MR) is 70.0 cm³/mol. The van der Waals surface area contributed by atoms with Gasteiger partial charge in [0.05, 0.1) is 6.10 Å². The summed E-state index contributed by atoms with van der Waals surface area (Å²) in [5, 5.41) is 2.92. The van der Waals surface area contributed by atoms with Crippen LogP contribution in [0, 0.1) is 6.92 Å². The number of hydrogen-bond acceptors (Lipinski definition) is 3. The van der Waals surface area contributed by atoms with Crippen LogP contribution in [-0.4, -0.2) is 24.7 Å². The summed E-state index contributed by atoms with van der Waals surface area (Å²) < 4.78 is 5.55. The van der Waals surface area contributed by atoms with Gasteiger partial charge < -0.3 is 15.8 Å². The van der Waals surface area contributed by atoms with Crippen molar-refractivity contribution < 1.29 is 9.53 Å². The number of amides is 1. The second-order valence-corrected chi connectivity index (χ2v) is 4.70. The molecule has 0 spiro atoms. The molecule has 98 valence electrons. The van der Waals surface area contributed by atoms with Gasteiger partial charge in [0.25, 0.3) is 0 Å². The first-order valence-corrected chi connectivity index (χ1v) is 6.38. The molecular weight excluding hydrogens is 228 g/mol. The largest absolute Gasteiger partial charge is 0.364 e. The molecule has 4 nitrogen and oxygen atoms in total. The third-order valence-corrected chi connectivity index (χ3v) is 3.38. The maximum Gasteiger partial charge on any atom is 0.249 e. The Balaban J connectivity index is 1.84. The number of nitrogens with one attached hydrogen (secondary N) is 1. The zero-order chi connectivity index (χ0) is 13.0. The fraction of sp³-hybridized carbons (Fsp3) is 0.500. The van der Waals surface area contributed by atoms with Gasteiger partial charge in [-0.2, -0.15) is 0 Å². The molecule has 1 fully saturated rings. The van der Waals surface area contributed by atoms with Crippen molar-refractivity contribution >= 4 is 5.91 Å². The van der Waals surface area contributed by atoms with Crippen molar-refractivity contribution in [2.24, 2.45) is 5.73 Å². The molecule has 1 heterocycles. The summed E-state index contributed by atoms with van der Waals surface area (Å²) in [6, 6.07) is 8.03. The van der Waals surface area contributed by atoms with Crippen molar-refractivity contribution in [1.82, 2.24) is 5.32 Å². The minimum Gasteiger partial charge on any atom is -0.364 e. The van der Waals surface area contributed by atoms with E-state index in [1.54, 1.807) is 0 Å². The van der Waals surface area contributed by atoms with Gasteiger partial charge in [-0.05, 0) is 30.9 Å². The fourth-order valence-electron chi connectivity index (χ4n) is 2.18. The van der Waals surface area contributed by atoms with Crippen LogP contribution in [0.25, 0.3) is 0 Å². The van der Waals surface area contributed by atoms with Crippen LogP contribution in [0.2, 0.25) is 0 Å². The zero-order valence-corrected chi connectivity index (χ0v) is 10.7. The normalized spacial score (nSPS) is 23.0. The average Bonchev–Trinajstić information content (AvgIpc) is 2.86. The summed E-state index contributed by atoms with van der Waals surface area (Å²) in [5.74, 6) is -0.0331. The first-order valence-electron chi connectivity index (χ1n) is 6.38. The summed E-state index contributed by atoms with van der Waals surface area (Å²) >= 11 is 0. The second-order valence-electron chi connectivity index (χ2n) is 4.70. The molecule has 1 aromatic rings. The van der Waals surface area contributed by atoms with Crippen LogP contribution >= 0.6 is 0 Å². The van der Waals surface area contributed by atoms with Gasteiger partial charge in [-0.3, -0.25) is 4.79 Å². The standard InChI is InChI=1S/C14H20N2O2/c1-10-4-2-3-5-11(10)9-16-14(17)13-7-6-12(8-15)18-13/h2-5,12-13H,6-9,15H2,1H3,(H,16,17)/t12-,13+/m1/s1. The molecule has 4 heteroatoms. The van der Waals surface area contributed by atoms with E-state index in [0.717, 1.165) is 18.4 Å². The summed E-state index contributed by atoms with van der Waals surface area (Å²) in [7, 11) is 0. The third kappa shape index (κ3) is 3.09. The van der Waals surface area contributed by atoms with E-state index in [-0.39, 0.29) is 18.1 Å². The number of nitrogens with two attached hydrogens (primary N) is 1. The Morgan fingerprint density at radius 3 is 2.89 bits per heavy atom. The zero-order valence-electron chi connectivity index (χ0n) is 10.7. The molecule has 0 unspecified atom stereocenters. The van der Waals surface area contributed by atoms with Crippen LogP contribution in [0.1, 0.15) is 24.0 Å². The van der Waals surface area contributed by atoms with Gasteiger partial charge in [0.1, 0.15) is 6.10 Å². The number of rotatable bonds is 4. The molecule has 0 saturated carbocycles. The molecule has 0 radical (unpaired) electrons. The number of benzene rings is 1. The number of carbonyl (C=O) groups is 1. The van der Waals surface area contributed by atoms with Gasteiger partial charge in [0.2, 0.25) is 5.91 Å². The van der Waals surface area contributed by atoms with Crippen molar-refractivity contribution in [2.45, 2.75) is 38.5 Å². The van der Waals surface area contributed by atoms with E-state index in [0.29, 0.717) is 13.1 Å². The van der Waals surface area contributed by atoms with Crippen molar-refractivity contribution in [3.63, 3.8) is 0 Å². The third-order valence-electron chi connectivity index (χ3n) is 3.38. The van der Waals surface area contributed by atoms with Crippen LogP contribution in [0.4, 0.5) is 0 Å². The molecule has 0 bridgehead atoms. The van der Waals surface area contributed by atoms with E-state index in [1.807, 2.05) is 31.2 Å². The highest BCUT2D eigenvalue weighted by Crippen LogP contribution is 2.19. The lowest BCUT2D eigenvalue weighted by Crippen LogP contribution is -2.35. The highest BCUT2D eigenvalue weighted by atomic mass is 16.5. The second kappa shape index (κ2) is 5.98. The van der Waals surface area contributed by atoms with Crippen LogP contribution in [0.5, 0.6) is 0 Å². The Bertz CT molecular complexity index is 420. The molecule has 1 amide bonds. The Hall–Kier alpha value is -1.39. The van der Waals surface area contributed by atoms with Crippen molar-refractivity contribution in [1.29, 1.82) is 0 Å². The van der Waals surface area contributed by atoms with Gasteiger partial charge in [-0.1, -0.05) is 24.3 Å². The Labute approximate surface area is 108 Å². The van der Waals surface area contributed by atoms with E-state index in [2.05, 4.69) is 5.32 Å². The Morgan fingerprint density at radius 2 is 2.22 bits per heavy atom. The van der Waals surface area contributed by atoms with Gasteiger partial charge in [-0.15, -0.1) is 0 Å². The summed E-state index contributed by atoms with van der Waals surface area (Å²) in [6.07, 6.45) is 1.35. The van der Waals surface area contributed by atoms with Gasteiger partial charge in [-0.25, -0.2) is 0 Å². The highest BCUT2D eigenvalue weighted by molar-refractivity contribution is 5.81. The van der Waals surface area contributed by atoms with E-state index in [1.165, 1.54) is 5.56 Å². The monoisotopic (exact) mass is 248 g/mol. The molecule has 18 heavy (non-hydrogen) atoms. The smallest absolute Gasteiger partial charge is 0.249 e. The highest BCUT2D eigenvalue weighted by Gasteiger charge is 2.29. The number of ether oxygens (including phenoxy) is 1. The van der Waals surface area contributed by atoms with Crippen molar-refractivity contribution in [3.8, 4) is 0 Å². The molecule has 1 aliphatic rings. The molecule has 2 rings (SSSR count). The molecule has 0 aromatic heterocycles. The lowest BCUT2D eigenvalue weighted by atomic mass is 10.1. The Kier molecular flexibility index (Phi) is 4.33. The average molecular weight is 248 g/mol. The van der Waals surface area contributed by atoms with Gasteiger partial charge >= 0.3 is 0 Å². The maximum absolute atomic E-state index is 11.9. The molecule has 1 saturated heterocycles. The molecule has 2 atom stereocenters. The first kappa shape index (κ1) is 13.1. The molecule has 3 N–H and O–H groups in total. The minimum absolute atomic E-state index is 0.0331. The number of aryl methyl sites for hydroxylation is 1. The van der Waals surface area contributed by atoms with Crippen LogP contribution in [0.3, 0.4) is 0 Å². The molecular formula is C14H20N2O2. The van der Waals surface area contributed by atoms with Crippen LogP contribution in [-0.2, 0) is 16.1 Å². The fourth-order valence-corrected chi connectivity index (χ4v) is 2.18. The molecule has 1 aliphatic heterocycles. The predicted octanol–water partition coefficient (Wildman–Crippen LogP) is 1.12. The first-order chi connectivity index (χ1) is 8.70. The molecule has 0 aliphatic carbocycles. The van der Waals surface area contributed by atoms with Crippen LogP contribution < -0.4 is 11.1 Å². The van der Waals surface area contributed by atoms with Gasteiger partial charge in [0.15, 0.2) is 0 Å². The summed E-state index contributed by atoms with van der Waals surface area (Å²) in [6.45, 7) is 3.08. The van der Waals surface area contributed by atoms with Crippen LogP contribution in [0.15, 0.2) is 24.3 Å². The lowest BCUT2D eigenvalue weighted by Gasteiger charge is -2.13. The Morgan fingerprint density at radius 1 is 1.44 bits per heavy atom. The lowest BCUT2D eigenvalue weighted by molar-refractivity contribution is -0.132. The maximum atomic E-state index is 11.9. The van der Waals surface area contributed by atoms with E-state index < -0.39 is 0 Å². The van der Waals surface area contributed by atoms with E-state index in [4.69, 9.17) is 10.5 Å².